The van der Waals surface area contributed by atoms with Crippen molar-refractivity contribution in [1.82, 2.24) is 19.7 Å². The highest BCUT2D eigenvalue weighted by atomic mass is 16.5. The summed E-state index contributed by atoms with van der Waals surface area (Å²) in [6.45, 7) is 5.77. The van der Waals surface area contributed by atoms with Gasteiger partial charge in [-0.3, -0.25) is 14.5 Å². The van der Waals surface area contributed by atoms with Crippen molar-refractivity contribution in [3.63, 3.8) is 0 Å². The molecule has 0 N–H and O–H groups in total. The van der Waals surface area contributed by atoms with Crippen molar-refractivity contribution in [1.29, 1.82) is 0 Å². The Kier molecular flexibility index (Phi) is 6.67. The van der Waals surface area contributed by atoms with E-state index in [0.29, 0.717) is 18.9 Å². The molecule has 2 aliphatic heterocycles. The fourth-order valence-corrected chi connectivity index (χ4v) is 4.62. The molecule has 0 aromatic carbocycles. The molecule has 0 bridgehead atoms. The Balaban J connectivity index is 1.20. The summed E-state index contributed by atoms with van der Waals surface area (Å²) in [5.41, 5.74) is 1.06. The molecule has 30 heavy (non-hydrogen) atoms. The van der Waals surface area contributed by atoms with Crippen LogP contribution in [0, 0.1) is 12.8 Å². The van der Waals surface area contributed by atoms with Crippen molar-refractivity contribution in [2.75, 3.05) is 26.3 Å². The van der Waals surface area contributed by atoms with E-state index in [1.807, 2.05) is 41.0 Å². The lowest BCUT2D eigenvalue weighted by Gasteiger charge is -2.46. The fourth-order valence-electron chi connectivity index (χ4n) is 4.62. The average molecular weight is 413 g/mol. The number of piperidine rings is 1. The topological polar surface area (TPSA) is 69.5 Å². The number of ether oxygens (including phenoxy) is 2. The highest BCUT2D eigenvalue weighted by Gasteiger charge is 2.40. The van der Waals surface area contributed by atoms with E-state index >= 15 is 0 Å². The zero-order valence-corrected chi connectivity index (χ0v) is 17.8. The van der Waals surface area contributed by atoms with Crippen LogP contribution >= 0.6 is 0 Å². The second kappa shape index (κ2) is 9.60. The van der Waals surface area contributed by atoms with Crippen molar-refractivity contribution in [2.45, 2.75) is 57.6 Å². The third-order valence-corrected chi connectivity index (χ3v) is 6.38. The van der Waals surface area contributed by atoms with E-state index in [1.54, 1.807) is 12.4 Å². The van der Waals surface area contributed by atoms with Gasteiger partial charge in [0.05, 0.1) is 18.4 Å². The third-order valence-electron chi connectivity index (χ3n) is 6.38. The predicted octanol–water partition coefficient (Wildman–Crippen LogP) is 3.23. The number of likely N-dealkylation sites (tertiary alicyclic amines) is 1. The molecule has 1 unspecified atom stereocenters. The zero-order valence-electron chi connectivity index (χ0n) is 17.8. The van der Waals surface area contributed by atoms with Crippen LogP contribution in [-0.2, 0) is 16.1 Å². The van der Waals surface area contributed by atoms with Crippen LogP contribution in [0.2, 0.25) is 0 Å². The Bertz CT molecular complexity index is 815. The highest BCUT2D eigenvalue weighted by Crippen LogP contribution is 2.38. The summed E-state index contributed by atoms with van der Waals surface area (Å²) < 4.78 is 14.0. The number of aromatic nitrogens is 3. The number of hydrogen-bond donors (Lipinski definition) is 0. The van der Waals surface area contributed by atoms with E-state index in [9.17, 15) is 4.79 Å². The average Bonchev–Trinajstić information content (AvgIpc) is 3.19. The molecule has 1 amide bonds. The summed E-state index contributed by atoms with van der Waals surface area (Å²) in [7, 11) is 0. The summed E-state index contributed by atoms with van der Waals surface area (Å²) in [5.74, 6) is 1.71. The first-order chi connectivity index (χ1) is 14.6. The maximum absolute atomic E-state index is 12.6. The number of carbonyl (C=O) groups excluding carboxylic acids is 1. The largest absolute Gasteiger partial charge is 0.493 e. The van der Waals surface area contributed by atoms with Gasteiger partial charge in [0.25, 0.3) is 0 Å². The van der Waals surface area contributed by atoms with E-state index in [4.69, 9.17) is 9.47 Å². The van der Waals surface area contributed by atoms with Gasteiger partial charge in [0.15, 0.2) is 0 Å². The first kappa shape index (κ1) is 20.8. The van der Waals surface area contributed by atoms with Crippen LogP contribution < -0.4 is 4.74 Å². The maximum Gasteiger partial charge on any atom is 0.224 e. The lowest BCUT2D eigenvalue weighted by Crippen LogP contribution is -2.51. The minimum atomic E-state index is -0.0601. The highest BCUT2D eigenvalue weighted by molar-refractivity contribution is 5.76. The Morgan fingerprint density at radius 1 is 1.30 bits per heavy atom. The lowest BCUT2D eigenvalue weighted by atomic mass is 9.78. The van der Waals surface area contributed by atoms with Crippen molar-refractivity contribution in [3.8, 4) is 5.75 Å². The standard InChI is InChI=1S/C23H32N4O3/c1-19-17-25-27(18-19)11-4-22(28)26-12-7-23(8-13-26)16-20(6-15-30-23)5-14-29-21-2-9-24-10-3-21/h2-3,9-10,17-18,20H,4-8,11-16H2,1H3. The first-order valence-corrected chi connectivity index (χ1v) is 11.1. The number of carbonyl (C=O) groups is 1. The van der Waals surface area contributed by atoms with Crippen LogP contribution in [0.3, 0.4) is 0 Å². The molecule has 7 nitrogen and oxygen atoms in total. The van der Waals surface area contributed by atoms with Gasteiger partial charge in [0, 0.05) is 51.3 Å². The molecule has 1 atom stereocenters. The van der Waals surface area contributed by atoms with E-state index in [2.05, 4.69) is 10.1 Å². The van der Waals surface area contributed by atoms with Crippen molar-refractivity contribution < 1.29 is 14.3 Å². The Morgan fingerprint density at radius 2 is 2.10 bits per heavy atom. The van der Waals surface area contributed by atoms with Gasteiger partial charge in [-0.15, -0.1) is 0 Å². The van der Waals surface area contributed by atoms with Crippen molar-refractivity contribution in [3.05, 3.63) is 42.5 Å². The lowest BCUT2D eigenvalue weighted by molar-refractivity contribution is -0.147. The van der Waals surface area contributed by atoms with Crippen LogP contribution in [-0.4, -0.2) is 57.5 Å². The molecule has 0 saturated carbocycles. The Labute approximate surface area is 178 Å². The van der Waals surface area contributed by atoms with E-state index in [0.717, 1.165) is 69.7 Å². The maximum atomic E-state index is 12.6. The van der Waals surface area contributed by atoms with Gasteiger partial charge < -0.3 is 14.4 Å². The predicted molar refractivity (Wildman–Crippen MR) is 113 cm³/mol. The Hall–Kier alpha value is -2.41. The van der Waals surface area contributed by atoms with Crippen LogP contribution in [0.1, 0.15) is 44.1 Å². The number of nitrogens with zero attached hydrogens (tertiary/aromatic N) is 4. The summed E-state index contributed by atoms with van der Waals surface area (Å²) in [6.07, 6.45) is 12.9. The number of aryl methyl sites for hydroxylation is 2. The van der Waals surface area contributed by atoms with Crippen LogP contribution in [0.15, 0.2) is 36.9 Å². The molecule has 0 aliphatic carbocycles. The van der Waals surface area contributed by atoms with Gasteiger partial charge in [0.2, 0.25) is 5.91 Å². The molecular formula is C23H32N4O3. The Morgan fingerprint density at radius 3 is 2.83 bits per heavy atom. The number of amides is 1. The second-order valence-electron chi connectivity index (χ2n) is 8.62. The van der Waals surface area contributed by atoms with Crippen LogP contribution in [0.25, 0.3) is 0 Å². The zero-order chi connectivity index (χ0) is 20.8. The van der Waals surface area contributed by atoms with Gasteiger partial charge in [-0.05, 0) is 62.6 Å². The molecule has 1 spiro atoms. The molecule has 162 valence electrons. The van der Waals surface area contributed by atoms with E-state index in [1.165, 1.54) is 0 Å². The molecular weight excluding hydrogens is 380 g/mol. The summed E-state index contributed by atoms with van der Waals surface area (Å²) >= 11 is 0. The molecule has 2 aromatic rings. The molecule has 0 radical (unpaired) electrons. The van der Waals surface area contributed by atoms with Gasteiger partial charge in [-0.25, -0.2) is 0 Å². The molecule has 2 saturated heterocycles. The molecule has 2 aromatic heterocycles. The van der Waals surface area contributed by atoms with Gasteiger partial charge >= 0.3 is 0 Å². The van der Waals surface area contributed by atoms with Crippen molar-refractivity contribution >= 4 is 5.91 Å². The quantitative estimate of drug-likeness (QED) is 0.698. The minimum Gasteiger partial charge on any atom is -0.493 e. The number of pyridine rings is 1. The summed E-state index contributed by atoms with van der Waals surface area (Å²) in [6, 6.07) is 3.79. The first-order valence-electron chi connectivity index (χ1n) is 11.1. The summed E-state index contributed by atoms with van der Waals surface area (Å²) in [5, 5.41) is 4.27. The van der Waals surface area contributed by atoms with Gasteiger partial charge in [0.1, 0.15) is 5.75 Å². The molecule has 7 heteroatoms. The normalized spacial score (nSPS) is 21.0. The number of rotatable bonds is 7. The van der Waals surface area contributed by atoms with Gasteiger partial charge in [-0.1, -0.05) is 0 Å². The van der Waals surface area contributed by atoms with E-state index < -0.39 is 0 Å². The van der Waals surface area contributed by atoms with E-state index in [-0.39, 0.29) is 11.5 Å². The molecule has 2 aliphatic rings. The monoisotopic (exact) mass is 412 g/mol. The molecule has 4 rings (SSSR count). The smallest absolute Gasteiger partial charge is 0.224 e. The van der Waals surface area contributed by atoms with Crippen LogP contribution in [0.4, 0.5) is 0 Å². The van der Waals surface area contributed by atoms with Gasteiger partial charge in [-0.2, -0.15) is 5.10 Å². The number of hydrogen-bond acceptors (Lipinski definition) is 5. The fraction of sp³-hybridized carbons (Fsp3) is 0.609. The summed E-state index contributed by atoms with van der Waals surface area (Å²) in [4.78, 5) is 18.6. The third kappa shape index (κ3) is 5.39. The minimum absolute atomic E-state index is 0.0601. The second-order valence-corrected chi connectivity index (χ2v) is 8.62. The van der Waals surface area contributed by atoms with Crippen molar-refractivity contribution in [2.24, 2.45) is 5.92 Å². The SMILES string of the molecule is Cc1cnn(CCC(=O)N2CCC3(CC2)CC(CCOc2ccncc2)CCO3)c1. The molecule has 4 heterocycles. The van der Waals surface area contributed by atoms with Crippen LogP contribution in [0.5, 0.6) is 5.75 Å². The molecule has 2 fully saturated rings.